The van der Waals surface area contributed by atoms with Crippen LogP contribution in [0.2, 0.25) is 0 Å². The van der Waals surface area contributed by atoms with Gasteiger partial charge < -0.3 is 10.1 Å². The van der Waals surface area contributed by atoms with Gasteiger partial charge in [0.25, 0.3) is 5.91 Å². The summed E-state index contributed by atoms with van der Waals surface area (Å²) in [6.45, 7) is 3.94. The van der Waals surface area contributed by atoms with Gasteiger partial charge in [-0.1, -0.05) is 36.4 Å². The second kappa shape index (κ2) is 10.3. The van der Waals surface area contributed by atoms with Crippen molar-refractivity contribution in [2.45, 2.75) is 51.5 Å². The van der Waals surface area contributed by atoms with E-state index in [1.165, 1.54) is 0 Å². The van der Waals surface area contributed by atoms with Crippen LogP contribution < -0.4 is 10.1 Å². The number of benzene rings is 2. The Labute approximate surface area is 204 Å². The van der Waals surface area contributed by atoms with E-state index in [2.05, 4.69) is 10.3 Å². The Bertz CT molecular complexity index is 1250. The fourth-order valence-corrected chi connectivity index (χ4v) is 4.20. The number of ether oxygens (including phenoxy) is 1. The lowest BCUT2D eigenvalue weighted by atomic mass is 9.92. The zero-order valence-corrected chi connectivity index (χ0v) is 20.1. The first kappa shape index (κ1) is 24.5. The van der Waals surface area contributed by atoms with E-state index in [0.29, 0.717) is 28.5 Å². The first-order valence-corrected chi connectivity index (χ1v) is 11.7. The van der Waals surface area contributed by atoms with E-state index in [-0.39, 0.29) is 37.6 Å². The maximum absolute atomic E-state index is 13.5. The van der Waals surface area contributed by atoms with Crippen LogP contribution in [0.4, 0.5) is 14.5 Å². The molecule has 7 heteroatoms. The molecule has 1 amide bonds. The van der Waals surface area contributed by atoms with Crippen LogP contribution in [-0.2, 0) is 0 Å². The van der Waals surface area contributed by atoms with Crippen molar-refractivity contribution in [3.63, 3.8) is 0 Å². The number of methoxy groups -OCH3 is 1. The minimum atomic E-state index is -2.63. The average Bonchev–Trinajstić information content (AvgIpc) is 2.85. The summed E-state index contributed by atoms with van der Waals surface area (Å²) in [6, 6.07) is 18.5. The Hall–Kier alpha value is -3.61. The molecular formula is C28H29F2N3O2. The zero-order valence-electron chi connectivity index (χ0n) is 20.1. The molecule has 0 unspecified atom stereocenters. The van der Waals surface area contributed by atoms with E-state index in [4.69, 9.17) is 9.73 Å². The number of hydrogen-bond acceptors (Lipinski definition) is 4. The highest BCUT2D eigenvalue weighted by molar-refractivity contribution is 6.14. The minimum absolute atomic E-state index is 0.200. The van der Waals surface area contributed by atoms with Crippen LogP contribution in [0.25, 0.3) is 0 Å². The number of carbonyl (C=O) groups is 1. The Morgan fingerprint density at radius 2 is 1.77 bits per heavy atom. The van der Waals surface area contributed by atoms with Gasteiger partial charge in [-0.25, -0.2) is 18.8 Å². The molecule has 0 aliphatic heterocycles. The van der Waals surface area contributed by atoms with Crippen molar-refractivity contribution in [3.05, 3.63) is 88.6 Å². The van der Waals surface area contributed by atoms with E-state index in [1.807, 2.05) is 56.3 Å². The van der Waals surface area contributed by atoms with Crippen LogP contribution in [0.3, 0.4) is 0 Å². The van der Waals surface area contributed by atoms with Crippen LogP contribution in [0, 0.1) is 13.8 Å². The summed E-state index contributed by atoms with van der Waals surface area (Å²) in [5.41, 5.74) is 5.24. The monoisotopic (exact) mass is 477 g/mol. The van der Waals surface area contributed by atoms with E-state index < -0.39 is 5.92 Å². The van der Waals surface area contributed by atoms with Crippen LogP contribution in [0.15, 0.2) is 65.7 Å². The molecule has 5 nitrogen and oxygen atoms in total. The minimum Gasteiger partial charge on any atom is -0.481 e. The number of aryl methyl sites for hydroxylation is 2. The number of hydrogen-bond donors (Lipinski definition) is 1. The number of rotatable bonds is 6. The SMILES string of the molecule is COc1cccc(C(=Nc2cc(C(=O)NC3CCC(F)(F)CC3)ccc2C)c2ccccc2C)n1. The molecule has 2 aromatic carbocycles. The van der Waals surface area contributed by atoms with Crippen molar-refractivity contribution < 1.29 is 18.3 Å². The van der Waals surface area contributed by atoms with Crippen LogP contribution in [0.1, 0.15) is 58.4 Å². The van der Waals surface area contributed by atoms with E-state index in [1.54, 1.807) is 25.3 Å². The third kappa shape index (κ3) is 5.91. The summed E-state index contributed by atoms with van der Waals surface area (Å²) in [7, 11) is 1.57. The summed E-state index contributed by atoms with van der Waals surface area (Å²) in [5, 5.41) is 2.91. The van der Waals surface area contributed by atoms with Gasteiger partial charge in [-0.3, -0.25) is 4.79 Å². The molecule has 35 heavy (non-hydrogen) atoms. The topological polar surface area (TPSA) is 63.6 Å². The highest BCUT2D eigenvalue weighted by atomic mass is 19.3. The Kier molecular flexibility index (Phi) is 7.24. The van der Waals surface area contributed by atoms with Crippen molar-refractivity contribution in [2.75, 3.05) is 7.11 Å². The molecule has 1 N–H and O–H groups in total. The van der Waals surface area contributed by atoms with Gasteiger partial charge in [-0.15, -0.1) is 0 Å². The van der Waals surface area contributed by atoms with Crippen molar-refractivity contribution in [3.8, 4) is 5.88 Å². The molecule has 3 aromatic rings. The molecule has 1 aliphatic rings. The Morgan fingerprint density at radius 1 is 1.03 bits per heavy atom. The molecule has 1 heterocycles. The van der Waals surface area contributed by atoms with Crippen molar-refractivity contribution in [1.29, 1.82) is 0 Å². The Balaban J connectivity index is 1.69. The molecule has 0 bridgehead atoms. The summed E-state index contributed by atoms with van der Waals surface area (Å²) in [5.74, 6) is -2.44. The average molecular weight is 478 g/mol. The van der Waals surface area contributed by atoms with Crippen LogP contribution in [-0.4, -0.2) is 35.7 Å². The smallest absolute Gasteiger partial charge is 0.251 e. The number of carbonyl (C=O) groups excluding carboxylic acids is 1. The van der Waals surface area contributed by atoms with Gasteiger partial charge in [-0.2, -0.15) is 0 Å². The highest BCUT2D eigenvalue weighted by Gasteiger charge is 2.35. The summed E-state index contributed by atoms with van der Waals surface area (Å²) in [4.78, 5) is 22.5. The third-order valence-electron chi connectivity index (χ3n) is 6.33. The molecule has 1 saturated carbocycles. The molecule has 0 spiro atoms. The van der Waals surface area contributed by atoms with Gasteiger partial charge in [0.1, 0.15) is 0 Å². The number of amides is 1. The number of halogens is 2. The molecule has 4 rings (SSSR count). The molecule has 0 saturated heterocycles. The molecular weight excluding hydrogens is 448 g/mol. The van der Waals surface area contributed by atoms with E-state index in [9.17, 15) is 13.6 Å². The molecule has 182 valence electrons. The molecule has 1 fully saturated rings. The predicted molar refractivity (Wildman–Crippen MR) is 133 cm³/mol. The first-order valence-electron chi connectivity index (χ1n) is 11.7. The second-order valence-corrected chi connectivity index (χ2v) is 8.95. The first-order chi connectivity index (χ1) is 16.8. The lowest BCUT2D eigenvalue weighted by molar-refractivity contribution is -0.0399. The maximum atomic E-state index is 13.5. The number of nitrogens with one attached hydrogen (secondary N) is 1. The lowest BCUT2D eigenvalue weighted by Crippen LogP contribution is -2.40. The molecule has 0 atom stereocenters. The Morgan fingerprint density at radius 3 is 2.49 bits per heavy atom. The largest absolute Gasteiger partial charge is 0.481 e. The van der Waals surface area contributed by atoms with Crippen LogP contribution >= 0.6 is 0 Å². The number of nitrogens with zero attached hydrogens (tertiary/aromatic N) is 2. The number of pyridine rings is 1. The molecule has 1 aromatic heterocycles. The maximum Gasteiger partial charge on any atom is 0.251 e. The number of aliphatic imine (C=N–C) groups is 1. The van der Waals surface area contributed by atoms with Gasteiger partial charge in [0.15, 0.2) is 0 Å². The lowest BCUT2D eigenvalue weighted by Gasteiger charge is -2.28. The van der Waals surface area contributed by atoms with Gasteiger partial charge >= 0.3 is 0 Å². The predicted octanol–water partition coefficient (Wildman–Crippen LogP) is 6.18. The van der Waals surface area contributed by atoms with Gasteiger partial charge in [0, 0.05) is 36.1 Å². The van der Waals surface area contributed by atoms with E-state index >= 15 is 0 Å². The molecule has 0 radical (unpaired) electrons. The fourth-order valence-electron chi connectivity index (χ4n) is 4.20. The van der Waals surface area contributed by atoms with Gasteiger partial charge in [0.2, 0.25) is 11.8 Å². The second-order valence-electron chi connectivity index (χ2n) is 8.95. The normalized spacial score (nSPS) is 16.1. The van der Waals surface area contributed by atoms with Gasteiger partial charge in [-0.05, 0) is 56.0 Å². The van der Waals surface area contributed by atoms with Gasteiger partial charge in [0.05, 0.1) is 24.2 Å². The quantitative estimate of drug-likeness (QED) is 0.431. The highest BCUT2D eigenvalue weighted by Crippen LogP contribution is 2.33. The fraction of sp³-hybridized carbons (Fsp3) is 0.321. The summed E-state index contributed by atoms with van der Waals surface area (Å²) >= 11 is 0. The number of aromatic nitrogens is 1. The van der Waals surface area contributed by atoms with E-state index in [0.717, 1.165) is 16.7 Å². The van der Waals surface area contributed by atoms with Crippen molar-refractivity contribution in [2.24, 2.45) is 4.99 Å². The summed E-state index contributed by atoms with van der Waals surface area (Å²) < 4.78 is 32.3. The molecule has 1 aliphatic carbocycles. The van der Waals surface area contributed by atoms with Crippen molar-refractivity contribution in [1.82, 2.24) is 10.3 Å². The number of alkyl halides is 2. The van der Waals surface area contributed by atoms with Crippen molar-refractivity contribution >= 4 is 17.3 Å². The standard InChI is InChI=1S/C28H29F2N3O2/c1-18-7-4-5-8-22(18)26(23-9-6-10-25(32-23)35-3)33-24-17-20(12-11-19(24)2)27(34)31-21-13-15-28(29,30)16-14-21/h4-12,17,21H,13-16H2,1-3H3,(H,31,34). The third-order valence-corrected chi connectivity index (χ3v) is 6.33. The van der Waals surface area contributed by atoms with Crippen LogP contribution in [0.5, 0.6) is 5.88 Å². The zero-order chi connectivity index (χ0) is 25.0. The summed E-state index contributed by atoms with van der Waals surface area (Å²) in [6.07, 6.45) is 0.145.